The topological polar surface area (TPSA) is 40.5 Å². The molecule has 0 fully saturated rings. The van der Waals surface area contributed by atoms with Crippen molar-refractivity contribution in [3.63, 3.8) is 0 Å². The van der Waals surface area contributed by atoms with E-state index in [2.05, 4.69) is 18.2 Å². The Morgan fingerprint density at radius 3 is 2.40 bits per heavy atom. The molecule has 0 aliphatic rings. The average molecular weight is 271 g/mol. The van der Waals surface area contributed by atoms with Crippen molar-refractivity contribution in [2.75, 3.05) is 13.1 Å². The van der Waals surface area contributed by atoms with E-state index in [-0.39, 0.29) is 0 Å². The molecule has 0 spiro atoms. The predicted octanol–water partition coefficient (Wildman–Crippen LogP) is 3.18. The first kappa shape index (κ1) is 14.5. The van der Waals surface area contributed by atoms with E-state index in [1.165, 1.54) is 0 Å². The van der Waals surface area contributed by atoms with Gasteiger partial charge in [0.25, 0.3) is 0 Å². The monoisotopic (exact) mass is 271 g/mol. The first-order chi connectivity index (χ1) is 9.67. The molecule has 0 saturated heterocycles. The molecule has 0 radical (unpaired) electrons. The third-order valence-corrected chi connectivity index (χ3v) is 3.83. The Balaban J connectivity index is 2.36. The van der Waals surface area contributed by atoms with Crippen molar-refractivity contribution < 1.29 is 9.90 Å². The number of hydrogen-bond acceptors (Lipinski definition) is 2. The fraction of sp³-hybridized carbons (Fsp3) is 0.353. The molecule has 2 aromatic carbocycles. The Morgan fingerprint density at radius 2 is 1.75 bits per heavy atom. The van der Waals surface area contributed by atoms with E-state index >= 15 is 0 Å². The lowest BCUT2D eigenvalue weighted by Gasteiger charge is -2.26. The van der Waals surface area contributed by atoms with Crippen LogP contribution in [0.1, 0.15) is 19.4 Å². The number of carbonyl (C=O) groups is 1. The third-order valence-electron chi connectivity index (χ3n) is 3.83. The van der Waals surface area contributed by atoms with Gasteiger partial charge in [0.05, 0.1) is 0 Å². The summed E-state index contributed by atoms with van der Waals surface area (Å²) in [6.07, 6.45) is 0.540. The van der Waals surface area contributed by atoms with Crippen LogP contribution in [0.4, 0.5) is 0 Å². The molecule has 1 N–H and O–H groups in total. The van der Waals surface area contributed by atoms with E-state index in [1.807, 2.05) is 43.0 Å². The molecule has 0 aliphatic heterocycles. The highest BCUT2D eigenvalue weighted by atomic mass is 16.4. The number of benzene rings is 2. The molecule has 3 heteroatoms. The molecule has 2 aromatic rings. The van der Waals surface area contributed by atoms with Gasteiger partial charge in [0, 0.05) is 0 Å². The molecule has 0 bridgehead atoms. The van der Waals surface area contributed by atoms with Gasteiger partial charge in [-0.15, -0.1) is 0 Å². The lowest BCUT2D eigenvalue weighted by molar-refractivity contribution is -0.143. The van der Waals surface area contributed by atoms with Gasteiger partial charge in [-0.1, -0.05) is 56.3 Å². The second kappa shape index (κ2) is 6.53. The molecule has 1 unspecified atom stereocenters. The number of carboxylic acids is 1. The average Bonchev–Trinajstić information content (AvgIpc) is 2.47. The first-order valence-corrected chi connectivity index (χ1v) is 7.10. The van der Waals surface area contributed by atoms with Gasteiger partial charge in [-0.05, 0) is 35.8 Å². The van der Waals surface area contributed by atoms with Crippen LogP contribution in [0.15, 0.2) is 42.5 Å². The summed E-state index contributed by atoms with van der Waals surface area (Å²) in [5.41, 5.74) is 1.10. The summed E-state index contributed by atoms with van der Waals surface area (Å²) in [6, 6.07) is 13.8. The number of hydrogen-bond donors (Lipinski definition) is 1. The van der Waals surface area contributed by atoms with Gasteiger partial charge in [-0.3, -0.25) is 9.69 Å². The first-order valence-electron chi connectivity index (χ1n) is 7.10. The van der Waals surface area contributed by atoms with Crippen LogP contribution < -0.4 is 0 Å². The Morgan fingerprint density at radius 1 is 1.10 bits per heavy atom. The van der Waals surface area contributed by atoms with Gasteiger partial charge in [0.2, 0.25) is 0 Å². The summed E-state index contributed by atoms with van der Waals surface area (Å²) in [6.45, 7) is 5.50. The van der Waals surface area contributed by atoms with Crippen molar-refractivity contribution in [3.8, 4) is 0 Å². The van der Waals surface area contributed by atoms with Gasteiger partial charge in [-0.25, -0.2) is 0 Å². The van der Waals surface area contributed by atoms with Crippen molar-refractivity contribution in [2.24, 2.45) is 0 Å². The number of rotatable bonds is 6. The largest absolute Gasteiger partial charge is 0.480 e. The SMILES string of the molecule is CCN(CC)C(Cc1cccc2ccccc12)C(=O)O. The zero-order valence-corrected chi connectivity index (χ0v) is 12.0. The summed E-state index contributed by atoms with van der Waals surface area (Å²) in [5.74, 6) is -0.748. The number of fused-ring (bicyclic) bond motifs is 1. The van der Waals surface area contributed by atoms with E-state index < -0.39 is 12.0 Å². The minimum absolute atomic E-state index is 0.462. The Labute approximate surface area is 119 Å². The van der Waals surface area contributed by atoms with Crippen LogP contribution in [0.5, 0.6) is 0 Å². The van der Waals surface area contributed by atoms with E-state index in [4.69, 9.17) is 0 Å². The van der Waals surface area contributed by atoms with Crippen LogP contribution in [0.2, 0.25) is 0 Å². The maximum atomic E-state index is 11.6. The molecule has 0 saturated carbocycles. The highest BCUT2D eigenvalue weighted by Crippen LogP contribution is 2.21. The van der Waals surface area contributed by atoms with E-state index in [9.17, 15) is 9.90 Å². The molecule has 0 heterocycles. The molecule has 3 nitrogen and oxygen atoms in total. The molecule has 0 amide bonds. The minimum Gasteiger partial charge on any atom is -0.480 e. The highest BCUT2D eigenvalue weighted by Gasteiger charge is 2.24. The summed E-state index contributed by atoms with van der Waals surface area (Å²) < 4.78 is 0. The fourth-order valence-corrected chi connectivity index (χ4v) is 2.72. The van der Waals surface area contributed by atoms with Gasteiger partial charge < -0.3 is 5.11 Å². The van der Waals surface area contributed by atoms with Crippen molar-refractivity contribution in [2.45, 2.75) is 26.3 Å². The fourth-order valence-electron chi connectivity index (χ4n) is 2.72. The normalized spacial score (nSPS) is 12.8. The molecular weight excluding hydrogens is 250 g/mol. The van der Waals surface area contributed by atoms with Crippen LogP contribution >= 0.6 is 0 Å². The minimum atomic E-state index is -0.748. The quantitative estimate of drug-likeness (QED) is 0.877. The highest BCUT2D eigenvalue weighted by molar-refractivity contribution is 5.86. The summed E-state index contributed by atoms with van der Waals surface area (Å²) in [4.78, 5) is 13.5. The standard InChI is InChI=1S/C17H21NO2/c1-3-18(4-2)16(17(19)20)12-14-10-7-9-13-8-5-6-11-15(13)14/h5-11,16H,3-4,12H2,1-2H3,(H,19,20). The van der Waals surface area contributed by atoms with Gasteiger partial charge in [0.1, 0.15) is 6.04 Å². The number of likely N-dealkylation sites (N-methyl/N-ethyl adjacent to an activating group) is 1. The van der Waals surface area contributed by atoms with Crippen molar-refractivity contribution in [1.29, 1.82) is 0 Å². The molecule has 2 rings (SSSR count). The molecule has 106 valence electrons. The lowest BCUT2D eigenvalue weighted by atomic mass is 9.98. The lowest BCUT2D eigenvalue weighted by Crippen LogP contribution is -2.42. The van der Waals surface area contributed by atoms with E-state index in [1.54, 1.807) is 0 Å². The summed E-state index contributed by atoms with van der Waals surface area (Å²) in [7, 11) is 0. The van der Waals surface area contributed by atoms with Crippen LogP contribution in [0.25, 0.3) is 10.8 Å². The molecule has 20 heavy (non-hydrogen) atoms. The number of carboxylic acid groups (broad SMARTS) is 1. The maximum Gasteiger partial charge on any atom is 0.321 e. The third kappa shape index (κ3) is 2.99. The summed E-state index contributed by atoms with van der Waals surface area (Å²) >= 11 is 0. The second-order valence-corrected chi connectivity index (χ2v) is 4.92. The molecule has 0 aromatic heterocycles. The zero-order chi connectivity index (χ0) is 14.5. The van der Waals surface area contributed by atoms with Crippen LogP contribution in [-0.4, -0.2) is 35.1 Å². The van der Waals surface area contributed by atoms with Crippen LogP contribution in [0, 0.1) is 0 Å². The van der Waals surface area contributed by atoms with E-state index in [0.29, 0.717) is 6.42 Å². The van der Waals surface area contributed by atoms with Gasteiger partial charge in [-0.2, -0.15) is 0 Å². The zero-order valence-electron chi connectivity index (χ0n) is 12.0. The Kier molecular flexibility index (Phi) is 4.74. The van der Waals surface area contributed by atoms with Crippen molar-refractivity contribution >= 4 is 16.7 Å². The van der Waals surface area contributed by atoms with E-state index in [0.717, 1.165) is 29.4 Å². The van der Waals surface area contributed by atoms with Crippen molar-refractivity contribution in [3.05, 3.63) is 48.0 Å². The Bertz CT molecular complexity index is 585. The Hall–Kier alpha value is -1.87. The smallest absolute Gasteiger partial charge is 0.321 e. The molecule has 1 atom stereocenters. The summed E-state index contributed by atoms with van der Waals surface area (Å²) in [5, 5.41) is 11.8. The van der Waals surface area contributed by atoms with Gasteiger partial charge in [0.15, 0.2) is 0 Å². The van der Waals surface area contributed by atoms with Crippen LogP contribution in [-0.2, 0) is 11.2 Å². The molecular formula is C17H21NO2. The predicted molar refractivity (Wildman–Crippen MR) is 82.0 cm³/mol. The number of aliphatic carboxylic acids is 1. The van der Waals surface area contributed by atoms with Crippen LogP contribution in [0.3, 0.4) is 0 Å². The van der Waals surface area contributed by atoms with Crippen molar-refractivity contribution in [1.82, 2.24) is 4.90 Å². The number of nitrogens with zero attached hydrogens (tertiary/aromatic N) is 1. The maximum absolute atomic E-state index is 11.6. The second-order valence-electron chi connectivity index (χ2n) is 4.92. The molecule has 0 aliphatic carbocycles. The van der Waals surface area contributed by atoms with Gasteiger partial charge >= 0.3 is 5.97 Å².